The van der Waals surface area contributed by atoms with Crippen molar-refractivity contribution in [2.24, 2.45) is 0 Å². The number of hydrogen-bond acceptors (Lipinski definition) is 5. The second-order valence-corrected chi connectivity index (χ2v) is 11.7. The third-order valence-electron chi connectivity index (χ3n) is 5.67. The van der Waals surface area contributed by atoms with Crippen LogP contribution in [-0.2, 0) is 26.2 Å². The highest BCUT2D eigenvalue weighted by molar-refractivity contribution is 7.92. The van der Waals surface area contributed by atoms with Gasteiger partial charge in [-0.3, -0.25) is 13.9 Å². The van der Waals surface area contributed by atoms with E-state index in [0.717, 1.165) is 6.26 Å². The average molecular weight is 573 g/mol. The summed E-state index contributed by atoms with van der Waals surface area (Å²) in [6, 6.07) is 10.9. The molecular formula is C26H35Cl2N3O5S. The molecule has 8 nitrogen and oxygen atoms in total. The summed E-state index contributed by atoms with van der Waals surface area (Å²) in [5.41, 5.74) is 1.10. The van der Waals surface area contributed by atoms with Crippen LogP contribution in [0, 0.1) is 0 Å². The molecule has 2 amide bonds. The minimum absolute atomic E-state index is 0.0344. The molecule has 1 N–H and O–H groups in total. The zero-order valence-corrected chi connectivity index (χ0v) is 24.2. The highest BCUT2D eigenvalue weighted by Gasteiger charge is 2.29. The van der Waals surface area contributed by atoms with Crippen molar-refractivity contribution in [3.63, 3.8) is 0 Å². The third kappa shape index (κ3) is 9.09. The molecule has 0 aliphatic rings. The van der Waals surface area contributed by atoms with Gasteiger partial charge < -0.3 is 15.0 Å². The Labute approximate surface area is 229 Å². The van der Waals surface area contributed by atoms with Crippen LogP contribution in [0.2, 0.25) is 10.0 Å². The molecule has 2 aromatic carbocycles. The zero-order valence-electron chi connectivity index (χ0n) is 21.8. The van der Waals surface area contributed by atoms with Gasteiger partial charge >= 0.3 is 0 Å². The van der Waals surface area contributed by atoms with Gasteiger partial charge in [0.25, 0.3) is 0 Å². The normalized spacial score (nSPS) is 12.2. The molecule has 0 aliphatic heterocycles. The molecule has 0 fully saturated rings. The number of nitrogens with one attached hydrogen (secondary N) is 1. The van der Waals surface area contributed by atoms with Crippen molar-refractivity contribution < 1.29 is 22.7 Å². The Morgan fingerprint density at radius 2 is 1.81 bits per heavy atom. The van der Waals surface area contributed by atoms with E-state index in [9.17, 15) is 18.0 Å². The van der Waals surface area contributed by atoms with Crippen molar-refractivity contribution in [2.75, 3.05) is 24.2 Å². The van der Waals surface area contributed by atoms with Crippen molar-refractivity contribution in [3.05, 3.63) is 58.1 Å². The predicted octanol–water partition coefficient (Wildman–Crippen LogP) is 4.88. The van der Waals surface area contributed by atoms with Gasteiger partial charge in [-0.25, -0.2) is 8.42 Å². The summed E-state index contributed by atoms with van der Waals surface area (Å²) in [4.78, 5) is 27.9. The Balaban J connectivity index is 2.26. The van der Waals surface area contributed by atoms with Crippen LogP contribution < -0.4 is 14.4 Å². The van der Waals surface area contributed by atoms with Crippen LogP contribution in [-0.4, -0.2) is 57.1 Å². The molecule has 0 aromatic heterocycles. The van der Waals surface area contributed by atoms with Crippen LogP contribution in [0.1, 0.15) is 45.6 Å². The Hall–Kier alpha value is -2.49. The number of ether oxygens (including phenoxy) is 1. The van der Waals surface area contributed by atoms with E-state index in [1.807, 2.05) is 20.8 Å². The molecule has 2 rings (SSSR count). The van der Waals surface area contributed by atoms with Gasteiger partial charge in [-0.1, -0.05) is 42.3 Å². The molecule has 0 unspecified atom stereocenters. The number of methoxy groups -OCH3 is 1. The molecule has 0 spiro atoms. The Morgan fingerprint density at radius 1 is 1.11 bits per heavy atom. The molecule has 1 atom stereocenters. The van der Waals surface area contributed by atoms with Crippen molar-refractivity contribution in [2.45, 2.75) is 58.7 Å². The Kier molecular flexibility index (Phi) is 11.5. The number of anilines is 1. The minimum Gasteiger partial charge on any atom is -0.497 e. The zero-order chi connectivity index (χ0) is 27.8. The predicted molar refractivity (Wildman–Crippen MR) is 149 cm³/mol. The van der Waals surface area contributed by atoms with Crippen molar-refractivity contribution >= 4 is 50.7 Å². The summed E-state index contributed by atoms with van der Waals surface area (Å²) < 4.78 is 31.5. The average Bonchev–Trinajstić information content (AvgIpc) is 2.81. The van der Waals surface area contributed by atoms with Crippen LogP contribution in [0.5, 0.6) is 5.75 Å². The molecule has 0 saturated heterocycles. The number of hydrogen-bond donors (Lipinski definition) is 1. The summed E-state index contributed by atoms with van der Waals surface area (Å²) in [7, 11) is -2.10. The molecular weight excluding hydrogens is 537 g/mol. The number of nitrogens with zero attached hydrogens (tertiary/aromatic N) is 2. The summed E-state index contributed by atoms with van der Waals surface area (Å²) in [6.45, 7) is 5.74. The Bertz CT molecular complexity index is 1190. The maximum atomic E-state index is 13.5. The van der Waals surface area contributed by atoms with Crippen LogP contribution in [0.3, 0.4) is 0 Å². The van der Waals surface area contributed by atoms with E-state index in [2.05, 4.69) is 5.32 Å². The lowest BCUT2D eigenvalue weighted by atomic mass is 10.1. The van der Waals surface area contributed by atoms with Gasteiger partial charge in [-0.15, -0.1) is 0 Å². The number of halogens is 2. The molecule has 204 valence electrons. The fourth-order valence-electron chi connectivity index (χ4n) is 3.90. The summed E-state index contributed by atoms with van der Waals surface area (Å²) in [5.74, 6) is -0.0175. The topological polar surface area (TPSA) is 96.0 Å². The number of carbonyl (C=O) groups is 2. The maximum absolute atomic E-state index is 13.5. The van der Waals surface area contributed by atoms with Crippen molar-refractivity contribution in [1.82, 2.24) is 10.2 Å². The van der Waals surface area contributed by atoms with E-state index >= 15 is 0 Å². The first kappa shape index (κ1) is 30.7. The van der Waals surface area contributed by atoms with E-state index in [-0.39, 0.29) is 43.8 Å². The smallest absolute Gasteiger partial charge is 0.243 e. The second-order valence-electron chi connectivity index (χ2n) is 8.98. The van der Waals surface area contributed by atoms with Gasteiger partial charge in [0.1, 0.15) is 11.8 Å². The van der Waals surface area contributed by atoms with E-state index in [1.54, 1.807) is 42.5 Å². The van der Waals surface area contributed by atoms with E-state index in [4.69, 9.17) is 27.9 Å². The molecule has 0 aliphatic carbocycles. The largest absolute Gasteiger partial charge is 0.497 e. The van der Waals surface area contributed by atoms with Gasteiger partial charge in [0, 0.05) is 41.7 Å². The lowest BCUT2D eigenvalue weighted by Crippen LogP contribution is -2.50. The second kappa shape index (κ2) is 13.9. The first-order chi connectivity index (χ1) is 17.4. The summed E-state index contributed by atoms with van der Waals surface area (Å²) in [5, 5.41) is 3.74. The number of sulfonamides is 1. The summed E-state index contributed by atoms with van der Waals surface area (Å²) >= 11 is 12.4. The summed E-state index contributed by atoms with van der Waals surface area (Å²) in [6.07, 6.45) is 1.80. The molecule has 11 heteroatoms. The van der Waals surface area contributed by atoms with E-state index < -0.39 is 16.1 Å². The maximum Gasteiger partial charge on any atom is 0.243 e. The van der Waals surface area contributed by atoms with E-state index in [1.165, 1.54) is 16.3 Å². The van der Waals surface area contributed by atoms with E-state index in [0.29, 0.717) is 33.5 Å². The number of benzene rings is 2. The highest BCUT2D eigenvalue weighted by Crippen LogP contribution is 2.26. The standard InChI is InChI=1S/C26H35Cl2N3O5S/c1-6-24(26(33)29-18(2)3)30(17-19-12-13-20(27)15-23(19)28)25(32)11-8-14-31(37(5,34)35)21-9-7-10-22(16-21)36-4/h7,9-10,12-13,15-16,18,24H,6,8,11,14,17H2,1-5H3,(H,29,33)/t24-/m0/s1. The van der Waals surface area contributed by atoms with Gasteiger partial charge in [0.05, 0.1) is 19.1 Å². The van der Waals surface area contributed by atoms with Gasteiger partial charge in [0.2, 0.25) is 21.8 Å². The molecule has 0 radical (unpaired) electrons. The monoisotopic (exact) mass is 571 g/mol. The lowest BCUT2D eigenvalue weighted by molar-refractivity contribution is -0.141. The molecule has 2 aromatic rings. The van der Waals surface area contributed by atoms with Gasteiger partial charge in [0.15, 0.2) is 0 Å². The van der Waals surface area contributed by atoms with Gasteiger partial charge in [-0.2, -0.15) is 0 Å². The molecule has 0 bridgehead atoms. The van der Waals surface area contributed by atoms with Crippen molar-refractivity contribution in [1.29, 1.82) is 0 Å². The minimum atomic E-state index is -3.61. The third-order valence-corrected chi connectivity index (χ3v) is 7.45. The van der Waals surface area contributed by atoms with Crippen LogP contribution in [0.15, 0.2) is 42.5 Å². The quantitative estimate of drug-likeness (QED) is 0.369. The highest BCUT2D eigenvalue weighted by atomic mass is 35.5. The molecule has 0 saturated carbocycles. The van der Waals surface area contributed by atoms with Crippen molar-refractivity contribution in [3.8, 4) is 5.75 Å². The first-order valence-corrected chi connectivity index (χ1v) is 14.6. The van der Waals surface area contributed by atoms with Crippen LogP contribution >= 0.6 is 23.2 Å². The lowest BCUT2D eigenvalue weighted by Gasteiger charge is -2.32. The van der Waals surface area contributed by atoms with Gasteiger partial charge in [-0.05, 0) is 56.5 Å². The Morgan fingerprint density at radius 3 is 2.38 bits per heavy atom. The molecule has 0 heterocycles. The SMILES string of the molecule is CC[C@@H](C(=O)NC(C)C)N(Cc1ccc(Cl)cc1Cl)C(=O)CCCN(c1cccc(OC)c1)S(C)(=O)=O. The number of rotatable bonds is 13. The fourth-order valence-corrected chi connectivity index (χ4v) is 5.33. The van der Waals surface area contributed by atoms with Crippen LogP contribution in [0.4, 0.5) is 5.69 Å². The first-order valence-electron chi connectivity index (χ1n) is 12.0. The number of carbonyl (C=O) groups excluding carboxylic acids is 2. The van der Waals surface area contributed by atoms with Crippen LogP contribution in [0.25, 0.3) is 0 Å². The number of amides is 2. The fraction of sp³-hybridized carbons (Fsp3) is 0.462. The molecule has 37 heavy (non-hydrogen) atoms.